The monoisotopic (exact) mass is 425 g/mol. The van der Waals surface area contributed by atoms with Crippen LogP contribution in [0.15, 0.2) is 54.9 Å². The molecule has 0 saturated carbocycles. The molecule has 1 aromatic carbocycles. The second-order valence-electron chi connectivity index (χ2n) is 8.56. The molecule has 0 unspecified atom stereocenters. The highest BCUT2D eigenvalue weighted by Gasteiger charge is 2.46. The van der Waals surface area contributed by atoms with E-state index < -0.39 is 0 Å². The first-order valence-corrected chi connectivity index (χ1v) is 10.9. The van der Waals surface area contributed by atoms with E-state index in [1.54, 1.807) is 18.5 Å². The second kappa shape index (κ2) is 8.40. The minimum Gasteiger partial charge on any atom is -0.491 e. The molecule has 0 N–H and O–H groups in total. The Morgan fingerprint density at radius 3 is 2.87 bits per heavy atom. The Balaban J connectivity index is 1.50. The van der Waals surface area contributed by atoms with Gasteiger partial charge in [0.2, 0.25) is 0 Å². The summed E-state index contributed by atoms with van der Waals surface area (Å²) in [7, 11) is 0. The van der Waals surface area contributed by atoms with Gasteiger partial charge in [0.1, 0.15) is 5.75 Å². The summed E-state index contributed by atoms with van der Waals surface area (Å²) in [5.41, 5.74) is 1.68. The summed E-state index contributed by atoms with van der Waals surface area (Å²) in [5, 5.41) is 0.538. The molecule has 0 aliphatic carbocycles. The molecule has 2 atom stereocenters. The topological polar surface area (TPSA) is 45.7 Å². The predicted molar refractivity (Wildman–Crippen MR) is 120 cm³/mol. The molecule has 1 amide bonds. The fraction of sp³-hybridized carbons (Fsp3) is 0.417. The maximum absolute atomic E-state index is 12.7. The van der Waals surface area contributed by atoms with Gasteiger partial charge in [-0.2, -0.15) is 0 Å². The van der Waals surface area contributed by atoms with Gasteiger partial charge in [-0.05, 0) is 57.4 Å². The number of carbonyl (C=O) groups excluding carboxylic acids is 1. The Hall–Kier alpha value is -2.37. The summed E-state index contributed by atoms with van der Waals surface area (Å²) in [6.07, 6.45) is 8.96. The number of hydrogen-bond donors (Lipinski definition) is 0. The van der Waals surface area contributed by atoms with Crippen LogP contribution in [0.1, 0.15) is 39.2 Å². The van der Waals surface area contributed by atoms with Crippen molar-refractivity contribution in [2.75, 3.05) is 11.4 Å². The van der Waals surface area contributed by atoms with Crippen LogP contribution in [0.3, 0.4) is 0 Å². The number of pyridine rings is 1. The second-order valence-corrected chi connectivity index (χ2v) is 9.00. The highest BCUT2D eigenvalue weighted by Crippen LogP contribution is 2.41. The Morgan fingerprint density at radius 2 is 2.13 bits per heavy atom. The Bertz CT molecular complexity index is 961. The highest BCUT2D eigenvalue weighted by atomic mass is 35.5. The lowest BCUT2D eigenvalue weighted by Gasteiger charge is -2.47. The lowest BCUT2D eigenvalue weighted by Crippen LogP contribution is -2.56. The van der Waals surface area contributed by atoms with Crippen molar-refractivity contribution in [1.29, 1.82) is 0 Å². The summed E-state index contributed by atoms with van der Waals surface area (Å²) in [5.74, 6) is 0.908. The first-order chi connectivity index (χ1) is 14.4. The van der Waals surface area contributed by atoms with Crippen molar-refractivity contribution in [3.63, 3.8) is 0 Å². The van der Waals surface area contributed by atoms with Crippen LogP contribution in [0.2, 0.25) is 5.02 Å². The molecule has 2 aromatic rings. The SMILES string of the molecule is CC(C)Oc1cccc(CN2CC[C@]3(C=CC(=O)N3c3cncc(Cl)c3)C[C@@H]2C)c1. The normalized spacial score (nSPS) is 24.2. The van der Waals surface area contributed by atoms with E-state index in [4.69, 9.17) is 16.3 Å². The summed E-state index contributed by atoms with van der Waals surface area (Å²) >= 11 is 6.15. The van der Waals surface area contributed by atoms with Gasteiger partial charge in [-0.3, -0.25) is 19.6 Å². The minimum atomic E-state index is -0.317. The summed E-state index contributed by atoms with van der Waals surface area (Å²) in [6, 6.07) is 10.5. The third-order valence-electron chi connectivity index (χ3n) is 5.91. The van der Waals surface area contributed by atoms with Crippen LogP contribution in [0.5, 0.6) is 5.75 Å². The van der Waals surface area contributed by atoms with Crippen molar-refractivity contribution >= 4 is 23.2 Å². The Kier molecular flexibility index (Phi) is 5.85. The van der Waals surface area contributed by atoms with Crippen molar-refractivity contribution in [2.45, 2.75) is 57.8 Å². The maximum atomic E-state index is 12.7. The minimum absolute atomic E-state index is 0.00162. The molecule has 1 saturated heterocycles. The number of anilines is 1. The molecule has 1 fully saturated rings. The average Bonchev–Trinajstić information content (AvgIpc) is 2.99. The number of nitrogens with zero attached hydrogens (tertiary/aromatic N) is 3. The smallest absolute Gasteiger partial charge is 0.251 e. The summed E-state index contributed by atoms with van der Waals surface area (Å²) in [4.78, 5) is 21.2. The van der Waals surface area contributed by atoms with Crippen LogP contribution in [0.4, 0.5) is 5.69 Å². The first kappa shape index (κ1) is 20.9. The number of piperidine rings is 1. The molecule has 4 rings (SSSR count). The zero-order valence-electron chi connectivity index (χ0n) is 17.7. The summed E-state index contributed by atoms with van der Waals surface area (Å²) in [6.45, 7) is 8.08. The number of benzene rings is 1. The molecule has 0 radical (unpaired) electrons. The van der Waals surface area contributed by atoms with E-state index in [9.17, 15) is 4.79 Å². The van der Waals surface area contributed by atoms with Crippen LogP contribution >= 0.6 is 11.6 Å². The fourth-order valence-corrected chi connectivity index (χ4v) is 4.78. The van der Waals surface area contributed by atoms with Gasteiger partial charge in [0.15, 0.2) is 0 Å². The molecule has 3 heterocycles. The van der Waals surface area contributed by atoms with Crippen LogP contribution in [-0.4, -0.2) is 40.0 Å². The number of amides is 1. The van der Waals surface area contributed by atoms with Crippen LogP contribution in [-0.2, 0) is 11.3 Å². The molecule has 0 bridgehead atoms. The van der Waals surface area contributed by atoms with Gasteiger partial charge < -0.3 is 4.74 Å². The molecule has 2 aliphatic heterocycles. The van der Waals surface area contributed by atoms with Gasteiger partial charge in [-0.15, -0.1) is 0 Å². The van der Waals surface area contributed by atoms with Crippen LogP contribution in [0, 0.1) is 0 Å². The Labute approximate surface area is 183 Å². The number of rotatable bonds is 5. The van der Waals surface area contributed by atoms with Gasteiger partial charge >= 0.3 is 0 Å². The van der Waals surface area contributed by atoms with E-state index in [1.807, 2.05) is 30.9 Å². The number of likely N-dealkylation sites (tertiary alicyclic amines) is 1. The molecule has 30 heavy (non-hydrogen) atoms. The Morgan fingerprint density at radius 1 is 1.30 bits per heavy atom. The molecular formula is C24H28ClN3O2. The molecule has 158 valence electrons. The van der Waals surface area contributed by atoms with Crippen molar-refractivity contribution in [3.8, 4) is 5.75 Å². The van der Waals surface area contributed by atoms with Crippen molar-refractivity contribution in [1.82, 2.24) is 9.88 Å². The molecule has 1 spiro atoms. The maximum Gasteiger partial charge on any atom is 0.251 e. The van der Waals surface area contributed by atoms with Crippen LogP contribution < -0.4 is 9.64 Å². The van der Waals surface area contributed by atoms with Gasteiger partial charge in [0.25, 0.3) is 5.91 Å². The average molecular weight is 426 g/mol. The molecule has 2 aliphatic rings. The molecular weight excluding hydrogens is 398 g/mol. The zero-order valence-corrected chi connectivity index (χ0v) is 18.5. The molecule has 6 heteroatoms. The van der Waals surface area contributed by atoms with Crippen molar-refractivity contribution in [2.24, 2.45) is 0 Å². The number of ether oxygens (including phenoxy) is 1. The number of aromatic nitrogens is 1. The third kappa shape index (κ3) is 4.23. The van der Waals surface area contributed by atoms with Gasteiger partial charge in [-0.25, -0.2) is 0 Å². The largest absolute Gasteiger partial charge is 0.491 e. The molecule has 1 aromatic heterocycles. The predicted octanol–water partition coefficient (Wildman–Crippen LogP) is 4.85. The number of halogens is 1. The van der Waals surface area contributed by atoms with Gasteiger partial charge in [0, 0.05) is 31.4 Å². The highest BCUT2D eigenvalue weighted by molar-refractivity contribution is 6.30. The third-order valence-corrected chi connectivity index (χ3v) is 6.12. The van der Waals surface area contributed by atoms with Gasteiger partial charge in [-0.1, -0.05) is 29.8 Å². The van der Waals surface area contributed by atoms with E-state index in [0.717, 1.165) is 37.4 Å². The van der Waals surface area contributed by atoms with E-state index in [-0.39, 0.29) is 17.6 Å². The fourth-order valence-electron chi connectivity index (χ4n) is 4.62. The zero-order chi connectivity index (χ0) is 21.3. The molecule has 5 nitrogen and oxygen atoms in total. The lowest BCUT2D eigenvalue weighted by molar-refractivity contribution is -0.114. The number of carbonyl (C=O) groups is 1. The van der Waals surface area contributed by atoms with Crippen molar-refractivity contribution < 1.29 is 9.53 Å². The quantitative estimate of drug-likeness (QED) is 0.687. The van der Waals surface area contributed by atoms with E-state index in [0.29, 0.717) is 11.1 Å². The summed E-state index contributed by atoms with van der Waals surface area (Å²) < 4.78 is 5.84. The van der Waals surface area contributed by atoms with Crippen LogP contribution in [0.25, 0.3) is 0 Å². The van der Waals surface area contributed by atoms with Gasteiger partial charge in [0.05, 0.1) is 28.5 Å². The van der Waals surface area contributed by atoms with E-state index in [1.165, 1.54) is 5.56 Å². The van der Waals surface area contributed by atoms with E-state index >= 15 is 0 Å². The van der Waals surface area contributed by atoms with Crippen molar-refractivity contribution in [3.05, 3.63) is 65.5 Å². The standard InChI is InChI=1S/C24H28ClN3O2/c1-17(2)30-22-6-4-5-19(11-22)16-27-10-9-24(13-18(27)3)8-7-23(29)28(24)21-12-20(25)14-26-15-21/h4-8,11-12,14-15,17-18H,9-10,13,16H2,1-3H3/t18-,24+/m0/s1. The lowest BCUT2D eigenvalue weighted by atomic mass is 9.83. The van der Waals surface area contributed by atoms with E-state index in [2.05, 4.69) is 41.1 Å². The first-order valence-electron chi connectivity index (χ1n) is 10.5. The number of hydrogen-bond acceptors (Lipinski definition) is 4.